The first-order valence-electron chi connectivity index (χ1n) is 14.4. The number of likely N-dealkylation sites (tertiary alicyclic amines) is 1. The first kappa shape index (κ1) is 31.5. The molecule has 4 N–H and O–H groups in total. The Balaban J connectivity index is 1.25. The van der Waals surface area contributed by atoms with E-state index in [0.29, 0.717) is 58.4 Å². The molecule has 0 unspecified atom stereocenters. The van der Waals surface area contributed by atoms with Crippen LogP contribution in [0.25, 0.3) is 0 Å². The standard InChI is InChI=1S/C32H33Br2N5O5/c33-24-16-21(17-25(34)30(24)35)28(40)18-27(36-29(41)19-44-23-7-2-1-3-8-23)31(42)38-13-11-22(12-14-38)39-15-10-20-6-4-5-9-26(20)37-32(39)43/h1-9,16-17,22,27H,10-15,18-19,35H2,(H,36,41)(H,37,43)/t27-/m1/s1. The van der Waals surface area contributed by atoms with Gasteiger partial charge in [-0.2, -0.15) is 0 Å². The first-order chi connectivity index (χ1) is 21.2. The number of amides is 4. The number of nitrogens with one attached hydrogen (secondary N) is 2. The molecule has 0 aromatic heterocycles. The molecule has 12 heteroatoms. The Labute approximate surface area is 272 Å². The number of nitrogen functional groups attached to an aromatic ring is 1. The number of benzene rings is 3. The van der Waals surface area contributed by atoms with Gasteiger partial charge in [-0.05, 0) is 87.0 Å². The molecule has 0 bridgehead atoms. The molecule has 44 heavy (non-hydrogen) atoms. The molecule has 0 aliphatic carbocycles. The van der Waals surface area contributed by atoms with Crippen molar-refractivity contribution in [2.75, 3.05) is 37.3 Å². The van der Waals surface area contributed by atoms with Crippen LogP contribution < -0.4 is 21.1 Å². The van der Waals surface area contributed by atoms with Gasteiger partial charge in [0, 0.05) is 52.3 Å². The van der Waals surface area contributed by atoms with E-state index >= 15 is 0 Å². The molecule has 3 aromatic carbocycles. The third-order valence-electron chi connectivity index (χ3n) is 7.90. The molecule has 1 atom stereocenters. The van der Waals surface area contributed by atoms with Crippen LogP contribution in [0.5, 0.6) is 5.75 Å². The maximum atomic E-state index is 13.8. The van der Waals surface area contributed by atoms with Crippen molar-refractivity contribution < 1.29 is 23.9 Å². The van der Waals surface area contributed by atoms with Gasteiger partial charge in [0.2, 0.25) is 5.91 Å². The molecule has 2 heterocycles. The summed E-state index contributed by atoms with van der Waals surface area (Å²) in [4.78, 5) is 56.6. The van der Waals surface area contributed by atoms with Crippen molar-refractivity contribution in [3.05, 3.63) is 86.8 Å². The van der Waals surface area contributed by atoms with Crippen LogP contribution in [0.4, 0.5) is 16.2 Å². The number of anilines is 2. The van der Waals surface area contributed by atoms with Crippen LogP contribution in [0, 0.1) is 0 Å². The van der Waals surface area contributed by atoms with Crippen molar-refractivity contribution in [3.63, 3.8) is 0 Å². The zero-order chi connectivity index (χ0) is 31.2. The minimum atomic E-state index is -1.10. The molecule has 10 nitrogen and oxygen atoms in total. The predicted molar refractivity (Wildman–Crippen MR) is 175 cm³/mol. The number of hydrogen-bond donors (Lipinski definition) is 3. The number of para-hydroxylation sites is 2. The number of hydrogen-bond acceptors (Lipinski definition) is 6. The van der Waals surface area contributed by atoms with Gasteiger partial charge in [-0.1, -0.05) is 36.4 Å². The molecule has 5 rings (SSSR count). The van der Waals surface area contributed by atoms with Crippen LogP contribution in [-0.2, 0) is 16.0 Å². The molecular formula is C32H33Br2N5O5. The van der Waals surface area contributed by atoms with Crippen molar-refractivity contribution in [1.29, 1.82) is 0 Å². The lowest BCUT2D eigenvalue weighted by Crippen LogP contribution is -2.55. The number of nitrogens with zero attached hydrogens (tertiary/aromatic N) is 2. The van der Waals surface area contributed by atoms with E-state index < -0.39 is 11.9 Å². The number of ketones is 1. The maximum absolute atomic E-state index is 13.8. The Morgan fingerprint density at radius 1 is 0.977 bits per heavy atom. The number of carbonyl (C=O) groups is 4. The highest BCUT2D eigenvalue weighted by Crippen LogP contribution is 2.30. The van der Waals surface area contributed by atoms with Crippen LogP contribution in [-0.4, -0.2) is 71.8 Å². The highest BCUT2D eigenvalue weighted by Gasteiger charge is 2.35. The Hall–Kier alpha value is -3.90. The zero-order valence-corrected chi connectivity index (χ0v) is 27.1. The summed E-state index contributed by atoms with van der Waals surface area (Å²) >= 11 is 6.72. The van der Waals surface area contributed by atoms with Crippen molar-refractivity contribution >= 4 is 66.9 Å². The molecule has 4 amide bonds. The van der Waals surface area contributed by atoms with Crippen LogP contribution in [0.1, 0.15) is 35.2 Å². The summed E-state index contributed by atoms with van der Waals surface area (Å²) in [5.74, 6) is -0.688. The number of rotatable bonds is 9. The average Bonchev–Trinajstić information content (AvgIpc) is 3.20. The number of carbonyl (C=O) groups excluding carboxylic acids is 4. The number of fused-ring (bicyclic) bond motifs is 1. The summed E-state index contributed by atoms with van der Waals surface area (Å²) in [6.45, 7) is 1.05. The maximum Gasteiger partial charge on any atom is 0.322 e. The van der Waals surface area contributed by atoms with E-state index in [0.717, 1.165) is 17.7 Å². The zero-order valence-electron chi connectivity index (χ0n) is 23.9. The molecule has 1 fully saturated rings. The summed E-state index contributed by atoms with van der Waals surface area (Å²) in [7, 11) is 0. The third kappa shape index (κ3) is 7.59. The number of piperidine rings is 1. The summed E-state index contributed by atoms with van der Waals surface area (Å²) in [5, 5.41) is 5.74. The highest BCUT2D eigenvalue weighted by molar-refractivity contribution is 9.11. The summed E-state index contributed by atoms with van der Waals surface area (Å²) in [5.41, 5.74) is 8.70. The Morgan fingerprint density at radius 3 is 2.34 bits per heavy atom. The van der Waals surface area contributed by atoms with Gasteiger partial charge >= 0.3 is 6.03 Å². The predicted octanol–water partition coefficient (Wildman–Crippen LogP) is 5.01. The van der Waals surface area contributed by atoms with E-state index in [2.05, 4.69) is 42.5 Å². The van der Waals surface area contributed by atoms with E-state index in [1.54, 1.807) is 41.3 Å². The topological polar surface area (TPSA) is 134 Å². The van der Waals surface area contributed by atoms with Gasteiger partial charge in [0.15, 0.2) is 12.4 Å². The van der Waals surface area contributed by atoms with Gasteiger partial charge in [0.05, 0.1) is 5.69 Å². The van der Waals surface area contributed by atoms with Crippen molar-refractivity contribution in [2.45, 2.75) is 37.8 Å². The van der Waals surface area contributed by atoms with E-state index in [1.807, 2.05) is 35.2 Å². The van der Waals surface area contributed by atoms with Gasteiger partial charge in [0.1, 0.15) is 11.8 Å². The molecule has 2 aliphatic rings. The lowest BCUT2D eigenvalue weighted by molar-refractivity contribution is -0.138. The van der Waals surface area contributed by atoms with Crippen molar-refractivity contribution in [1.82, 2.24) is 15.1 Å². The molecule has 0 spiro atoms. The van der Waals surface area contributed by atoms with E-state index in [4.69, 9.17) is 10.5 Å². The van der Waals surface area contributed by atoms with Gasteiger partial charge in [0.25, 0.3) is 5.91 Å². The monoisotopic (exact) mass is 725 g/mol. The minimum Gasteiger partial charge on any atom is -0.484 e. The second-order valence-corrected chi connectivity index (χ2v) is 12.5. The highest BCUT2D eigenvalue weighted by atomic mass is 79.9. The Kier molecular flexibility index (Phi) is 10.2. The molecule has 0 radical (unpaired) electrons. The smallest absolute Gasteiger partial charge is 0.322 e. The summed E-state index contributed by atoms with van der Waals surface area (Å²) in [6.07, 6.45) is 1.66. The molecule has 230 valence electrons. The lowest BCUT2D eigenvalue weighted by Gasteiger charge is -2.39. The Bertz CT molecular complexity index is 1520. The van der Waals surface area contributed by atoms with Gasteiger partial charge in [-0.15, -0.1) is 0 Å². The molecule has 2 aliphatic heterocycles. The van der Waals surface area contributed by atoms with Crippen LogP contribution in [0.15, 0.2) is 75.7 Å². The SMILES string of the molecule is Nc1c(Br)cc(C(=O)C[C@@H](NC(=O)COc2ccccc2)C(=O)N2CCC(N3CCc4ccccc4NC3=O)CC2)cc1Br. The van der Waals surface area contributed by atoms with E-state index in [1.165, 1.54) is 0 Å². The fourth-order valence-electron chi connectivity index (χ4n) is 5.51. The van der Waals surface area contributed by atoms with Crippen LogP contribution in [0.3, 0.4) is 0 Å². The second-order valence-electron chi connectivity index (χ2n) is 10.8. The largest absolute Gasteiger partial charge is 0.484 e. The third-order valence-corrected chi connectivity index (χ3v) is 9.21. The number of ether oxygens (including phenoxy) is 1. The quantitative estimate of drug-likeness (QED) is 0.210. The average molecular weight is 727 g/mol. The fourth-order valence-corrected chi connectivity index (χ4v) is 6.69. The lowest BCUT2D eigenvalue weighted by atomic mass is 9.99. The van der Waals surface area contributed by atoms with Crippen molar-refractivity contribution in [2.24, 2.45) is 0 Å². The molecule has 1 saturated heterocycles. The van der Waals surface area contributed by atoms with E-state index in [9.17, 15) is 19.2 Å². The minimum absolute atomic E-state index is 0.0354. The molecular weight excluding hydrogens is 694 g/mol. The first-order valence-corrected chi connectivity index (χ1v) is 16.0. The van der Waals surface area contributed by atoms with E-state index in [-0.39, 0.29) is 36.8 Å². The summed E-state index contributed by atoms with van der Waals surface area (Å²) < 4.78 is 6.65. The fraction of sp³-hybridized carbons (Fsp3) is 0.312. The molecule has 3 aromatic rings. The molecule has 0 saturated carbocycles. The summed E-state index contributed by atoms with van der Waals surface area (Å²) in [6, 6.07) is 18.6. The number of nitrogens with two attached hydrogens (primary N) is 1. The number of halogens is 2. The van der Waals surface area contributed by atoms with Gasteiger partial charge in [-0.3, -0.25) is 14.4 Å². The van der Waals surface area contributed by atoms with Crippen LogP contribution in [0.2, 0.25) is 0 Å². The van der Waals surface area contributed by atoms with Gasteiger partial charge < -0.3 is 30.9 Å². The van der Waals surface area contributed by atoms with Crippen molar-refractivity contribution in [3.8, 4) is 5.75 Å². The van der Waals surface area contributed by atoms with Gasteiger partial charge in [-0.25, -0.2) is 4.79 Å². The number of Topliss-reactive ketones (excluding diaryl/α,β-unsaturated/α-hetero) is 1. The Morgan fingerprint density at radius 2 is 1.64 bits per heavy atom. The van der Waals surface area contributed by atoms with Crippen LogP contribution >= 0.6 is 31.9 Å². The number of urea groups is 1. The second kappa shape index (κ2) is 14.3. The normalized spacial score (nSPS) is 15.9.